The number of nitrogens with one attached hydrogen (secondary N) is 1. The number of allylic oxidation sites excluding steroid dienone is 1. The first kappa shape index (κ1) is 33.0. The number of thioether (sulfide) groups is 1. The molecule has 1 unspecified atom stereocenters. The summed E-state index contributed by atoms with van der Waals surface area (Å²) in [6, 6.07) is 8.25. The lowest BCUT2D eigenvalue weighted by atomic mass is 10.0. The summed E-state index contributed by atoms with van der Waals surface area (Å²) in [5.41, 5.74) is 7.72. The van der Waals surface area contributed by atoms with Crippen molar-refractivity contribution in [3.05, 3.63) is 77.3 Å². The number of hydrogen-bond donors (Lipinski definition) is 5. The van der Waals surface area contributed by atoms with Gasteiger partial charge in [0, 0.05) is 36.0 Å². The molecule has 2 saturated heterocycles. The summed E-state index contributed by atoms with van der Waals surface area (Å²) < 4.78 is 31.7. The molecule has 0 spiro atoms. The van der Waals surface area contributed by atoms with Gasteiger partial charge in [-0.15, -0.1) is 11.8 Å². The normalized spacial score (nSPS) is 21.0. The zero-order valence-electron chi connectivity index (χ0n) is 23.1. The molecule has 2 fully saturated rings. The van der Waals surface area contributed by atoms with Gasteiger partial charge in [0.1, 0.15) is 22.9 Å². The first-order valence-electron chi connectivity index (χ1n) is 13.2. The number of aliphatic carboxylic acids is 2. The number of carbonyl (C=O) groups excluding carboxylic acids is 3. The molecule has 3 amide bonds. The maximum atomic E-state index is 13.5. The fourth-order valence-corrected chi connectivity index (χ4v) is 6.10. The monoisotopic (exact) mass is 649 g/mol. The van der Waals surface area contributed by atoms with E-state index in [1.165, 1.54) is 28.8 Å². The van der Waals surface area contributed by atoms with Gasteiger partial charge >= 0.3 is 18.1 Å². The van der Waals surface area contributed by atoms with Gasteiger partial charge in [0.15, 0.2) is 0 Å². The number of fused-ring (bicyclic) bond motifs is 1. The fourth-order valence-electron chi connectivity index (χ4n) is 4.85. The number of β-lactam (4-membered cyclic amide) rings is 1. The number of likely N-dealkylation sites (tertiary alicyclic amines) is 1. The first-order valence-corrected chi connectivity index (χ1v) is 14.2. The van der Waals surface area contributed by atoms with Crippen LogP contribution in [0.1, 0.15) is 24.4 Å². The zero-order valence-corrected chi connectivity index (χ0v) is 23.9. The Morgan fingerprint density at radius 3 is 2.31 bits per heavy atom. The summed E-state index contributed by atoms with van der Waals surface area (Å²) >= 11 is 1.37. The van der Waals surface area contributed by atoms with Crippen LogP contribution in [0.5, 0.6) is 5.75 Å². The number of rotatable bonds is 7. The minimum atomic E-state index is -5.08. The number of pyridine rings is 1. The number of phenolic OH excluding ortho intramolecular Hbond substituents is 1. The molecule has 0 aliphatic carbocycles. The summed E-state index contributed by atoms with van der Waals surface area (Å²) in [5.74, 6) is -4.69. The number of carboxylic acid groups (broad SMARTS) is 2. The summed E-state index contributed by atoms with van der Waals surface area (Å²) in [7, 11) is 0. The van der Waals surface area contributed by atoms with Crippen LogP contribution in [0, 0.1) is 0 Å². The second-order valence-electron chi connectivity index (χ2n) is 9.93. The molecular formula is C28H26F3N5O8S. The molecule has 3 aliphatic heterocycles. The second kappa shape index (κ2) is 13.4. The van der Waals surface area contributed by atoms with E-state index in [9.17, 15) is 42.6 Å². The predicted octanol–water partition coefficient (Wildman–Crippen LogP) is 2.23. The van der Waals surface area contributed by atoms with E-state index >= 15 is 0 Å². The van der Waals surface area contributed by atoms with Crippen molar-refractivity contribution < 1.29 is 52.5 Å². The Bertz CT molecular complexity index is 1570. The molecule has 1 aromatic carbocycles. The van der Waals surface area contributed by atoms with Crippen molar-refractivity contribution in [2.24, 2.45) is 5.73 Å². The number of phenols is 1. The van der Waals surface area contributed by atoms with Crippen LogP contribution >= 0.6 is 11.8 Å². The van der Waals surface area contributed by atoms with E-state index in [1.54, 1.807) is 47.6 Å². The van der Waals surface area contributed by atoms with Gasteiger partial charge < -0.3 is 31.3 Å². The van der Waals surface area contributed by atoms with E-state index in [2.05, 4.69) is 10.3 Å². The van der Waals surface area contributed by atoms with E-state index in [1.807, 2.05) is 0 Å². The number of halogens is 3. The molecule has 3 atom stereocenters. The van der Waals surface area contributed by atoms with Gasteiger partial charge in [-0.3, -0.25) is 24.3 Å². The summed E-state index contributed by atoms with van der Waals surface area (Å²) in [5, 5.41) is 28.8. The topological polar surface area (TPSA) is 203 Å². The molecule has 1 aromatic heterocycles. The highest BCUT2D eigenvalue weighted by Crippen LogP contribution is 2.41. The number of alkyl halides is 3. The number of aromatic hydroxyl groups is 1. The van der Waals surface area contributed by atoms with Gasteiger partial charge in [-0.05, 0) is 60.0 Å². The van der Waals surface area contributed by atoms with Crippen molar-refractivity contribution in [2.45, 2.75) is 36.5 Å². The smallest absolute Gasteiger partial charge is 0.490 e. The van der Waals surface area contributed by atoms with Crippen molar-refractivity contribution in [1.29, 1.82) is 0 Å². The van der Waals surface area contributed by atoms with Crippen molar-refractivity contribution in [3.63, 3.8) is 0 Å². The molecule has 0 radical (unpaired) electrons. The highest BCUT2D eigenvalue weighted by molar-refractivity contribution is 8.00. The minimum absolute atomic E-state index is 0.0231. The van der Waals surface area contributed by atoms with Gasteiger partial charge in [0.25, 0.3) is 0 Å². The van der Waals surface area contributed by atoms with Crippen LogP contribution in [0.2, 0.25) is 0 Å². The molecule has 13 nitrogen and oxygen atoms in total. The number of nitrogens with zero attached hydrogens (tertiary/aromatic N) is 3. The zero-order chi connectivity index (χ0) is 33.1. The van der Waals surface area contributed by atoms with Gasteiger partial charge in [0.05, 0.1) is 12.5 Å². The average molecular weight is 650 g/mol. The second-order valence-corrected chi connectivity index (χ2v) is 11.0. The van der Waals surface area contributed by atoms with Crippen molar-refractivity contribution in [2.75, 3.05) is 17.6 Å². The Labute approximate surface area is 257 Å². The molecule has 2 aromatic rings. The molecule has 17 heteroatoms. The van der Waals surface area contributed by atoms with Crippen molar-refractivity contribution in [3.8, 4) is 5.75 Å². The summed E-state index contributed by atoms with van der Waals surface area (Å²) in [6.07, 6.45) is -0.00723. The molecule has 0 bridgehead atoms. The van der Waals surface area contributed by atoms with Crippen LogP contribution in [0.25, 0.3) is 0 Å². The number of nitrogens with two attached hydrogens (primary N) is 1. The van der Waals surface area contributed by atoms with Crippen LogP contribution in [-0.2, 0) is 24.0 Å². The fraction of sp³-hybridized carbons (Fsp3) is 0.286. The maximum absolute atomic E-state index is 13.5. The number of benzene rings is 1. The van der Waals surface area contributed by atoms with Crippen molar-refractivity contribution >= 4 is 47.1 Å². The van der Waals surface area contributed by atoms with Crippen LogP contribution in [-0.4, -0.2) is 89.7 Å². The number of aromatic nitrogens is 1. The molecule has 0 saturated carbocycles. The molecule has 5 rings (SSSR count). The molecule has 3 aliphatic rings. The molecule has 238 valence electrons. The van der Waals surface area contributed by atoms with Crippen LogP contribution in [0.4, 0.5) is 18.9 Å². The Kier molecular flexibility index (Phi) is 9.82. The molecular weight excluding hydrogens is 623 g/mol. The lowest BCUT2D eigenvalue weighted by molar-refractivity contribution is -0.192. The Morgan fingerprint density at radius 1 is 1.11 bits per heavy atom. The third kappa shape index (κ3) is 7.43. The quantitative estimate of drug-likeness (QED) is 0.167. The van der Waals surface area contributed by atoms with Gasteiger partial charge in [-0.1, -0.05) is 0 Å². The number of carbonyl (C=O) groups is 5. The van der Waals surface area contributed by atoms with Gasteiger partial charge in [-0.2, -0.15) is 13.2 Å². The third-order valence-electron chi connectivity index (χ3n) is 6.99. The Hall–Kier alpha value is -4.90. The van der Waals surface area contributed by atoms with Crippen molar-refractivity contribution in [1.82, 2.24) is 14.8 Å². The highest BCUT2D eigenvalue weighted by Gasteiger charge is 2.51. The number of hydrogen-bond acceptors (Lipinski definition) is 9. The Morgan fingerprint density at radius 2 is 1.73 bits per heavy atom. The lowest BCUT2D eigenvalue weighted by Gasteiger charge is -2.47. The SMILES string of the molecule is N[C@@H]1C(=O)N2C(C(=O)O)=C(/C=C3\CCN(C(CC(=O)Nc4ccc(O)cc4)c4ccncc4)C3=O)CS[C@H]12.O=C(O)C(F)(F)F. The lowest BCUT2D eigenvalue weighted by Crippen LogP contribution is -2.68. The average Bonchev–Trinajstić information content (AvgIpc) is 3.35. The minimum Gasteiger partial charge on any atom is -0.508 e. The van der Waals surface area contributed by atoms with Gasteiger partial charge in [-0.25, -0.2) is 9.59 Å². The van der Waals surface area contributed by atoms with E-state index in [0.717, 1.165) is 5.56 Å². The molecule has 6 N–H and O–H groups in total. The van der Waals surface area contributed by atoms with Crippen LogP contribution < -0.4 is 11.1 Å². The van der Waals surface area contributed by atoms with Crippen LogP contribution in [0.3, 0.4) is 0 Å². The van der Waals surface area contributed by atoms with E-state index in [0.29, 0.717) is 35.6 Å². The standard InChI is InChI=1S/C26H25N5O6S.C2HF3O2/c27-21-24(35)31-22(26(36)37)16(13-38-25(21)31)11-15-7-10-30(23(15)34)19(14-5-8-28-9-6-14)12-20(33)29-17-1-3-18(32)4-2-17;3-2(4,5)1(6)7/h1-6,8-9,11,19,21,25,32H,7,10,12-13,27H2,(H,29,33)(H,36,37);(H,6,7)/b15-11+;/t19?,21-,25-;/m1./s1. The molecule has 4 heterocycles. The number of carboxylic acids is 2. The summed E-state index contributed by atoms with van der Waals surface area (Å²) in [6.45, 7) is 0.336. The number of anilines is 1. The van der Waals surface area contributed by atoms with Crippen LogP contribution in [0.15, 0.2) is 71.7 Å². The Balaban J connectivity index is 0.000000591. The first-order chi connectivity index (χ1) is 21.2. The van der Waals surface area contributed by atoms with Gasteiger partial charge in [0.2, 0.25) is 17.7 Å². The van der Waals surface area contributed by atoms with E-state index in [-0.39, 0.29) is 29.7 Å². The third-order valence-corrected chi connectivity index (χ3v) is 8.31. The summed E-state index contributed by atoms with van der Waals surface area (Å²) in [4.78, 5) is 66.4. The van der Waals surface area contributed by atoms with E-state index in [4.69, 9.17) is 15.6 Å². The van der Waals surface area contributed by atoms with E-state index < -0.39 is 41.5 Å². The maximum Gasteiger partial charge on any atom is 0.490 e. The predicted molar refractivity (Wildman–Crippen MR) is 152 cm³/mol. The largest absolute Gasteiger partial charge is 0.508 e. The molecule has 45 heavy (non-hydrogen) atoms. The number of amides is 3. The highest BCUT2D eigenvalue weighted by atomic mass is 32.2.